The van der Waals surface area contributed by atoms with Crippen LogP contribution in [0, 0.1) is 6.07 Å². The molecule has 1 unspecified atom stereocenters. The first kappa shape index (κ1) is 9.91. The SMILES string of the molecule is [c]1c([SH]2N=Cc3ccccc32)ccc2ncoc12. The summed E-state index contributed by atoms with van der Waals surface area (Å²) in [5.74, 6) is 0. The summed E-state index contributed by atoms with van der Waals surface area (Å²) in [6.07, 6.45) is 3.39. The summed E-state index contributed by atoms with van der Waals surface area (Å²) in [7, 11) is 0. The lowest BCUT2D eigenvalue weighted by Crippen LogP contribution is -1.82. The van der Waals surface area contributed by atoms with Crippen LogP contribution in [-0.4, -0.2) is 11.2 Å². The predicted octanol–water partition coefficient (Wildman–Crippen LogP) is 3.39. The second kappa shape index (κ2) is 3.71. The van der Waals surface area contributed by atoms with E-state index in [0.717, 1.165) is 10.4 Å². The summed E-state index contributed by atoms with van der Waals surface area (Å²) in [6.45, 7) is 0. The lowest BCUT2D eigenvalue weighted by Gasteiger charge is -2.13. The Hall–Kier alpha value is -2.07. The Morgan fingerprint density at radius 1 is 1.11 bits per heavy atom. The minimum absolute atomic E-state index is 0.684. The Bertz CT molecular complexity index is 763. The van der Waals surface area contributed by atoms with Gasteiger partial charge in [-0.1, -0.05) is 18.2 Å². The Labute approximate surface area is 107 Å². The maximum absolute atomic E-state index is 5.30. The molecule has 1 radical (unpaired) electrons. The van der Waals surface area contributed by atoms with E-state index in [4.69, 9.17) is 4.42 Å². The molecule has 0 amide bonds. The summed E-state index contributed by atoms with van der Waals surface area (Å²) in [4.78, 5) is 6.46. The molecule has 1 aliphatic heterocycles. The molecule has 0 saturated carbocycles. The van der Waals surface area contributed by atoms with Crippen molar-refractivity contribution in [1.82, 2.24) is 4.98 Å². The summed E-state index contributed by atoms with van der Waals surface area (Å²) in [5, 5.41) is 0. The Morgan fingerprint density at radius 3 is 3.06 bits per heavy atom. The minimum Gasteiger partial charge on any atom is -0.443 e. The molecule has 4 heteroatoms. The number of fused-ring (bicyclic) bond motifs is 2. The lowest BCUT2D eigenvalue weighted by molar-refractivity contribution is 0.600. The molecule has 18 heavy (non-hydrogen) atoms. The van der Waals surface area contributed by atoms with Crippen molar-refractivity contribution in [2.24, 2.45) is 4.40 Å². The highest BCUT2D eigenvalue weighted by molar-refractivity contribution is 8.16. The average molecular weight is 253 g/mol. The number of benzene rings is 2. The maximum atomic E-state index is 5.30. The van der Waals surface area contributed by atoms with E-state index in [2.05, 4.69) is 33.6 Å². The van der Waals surface area contributed by atoms with Gasteiger partial charge in [0.25, 0.3) is 0 Å². The zero-order chi connectivity index (χ0) is 11.9. The number of hydrogen-bond acceptors (Lipinski definition) is 3. The number of oxazole rings is 1. The highest BCUT2D eigenvalue weighted by Crippen LogP contribution is 2.50. The van der Waals surface area contributed by atoms with Crippen molar-refractivity contribution in [2.75, 3.05) is 0 Å². The van der Waals surface area contributed by atoms with Gasteiger partial charge >= 0.3 is 0 Å². The summed E-state index contributed by atoms with van der Waals surface area (Å²) < 4.78 is 9.91. The van der Waals surface area contributed by atoms with Crippen molar-refractivity contribution < 1.29 is 4.42 Å². The van der Waals surface area contributed by atoms with Gasteiger partial charge in [-0.15, -0.1) is 11.1 Å². The number of rotatable bonds is 1. The third kappa shape index (κ3) is 1.39. The topological polar surface area (TPSA) is 38.4 Å². The first-order valence-corrected chi connectivity index (χ1v) is 6.90. The standard InChI is InChI=1S/C14H9N2OS/c1-2-4-14-10(3-1)8-16-18(14)11-5-6-12-13(7-11)17-9-15-12/h1-6,8-9,18H. The number of aromatic nitrogens is 1. The van der Waals surface area contributed by atoms with E-state index in [-0.39, 0.29) is 0 Å². The van der Waals surface area contributed by atoms with Gasteiger partial charge in [-0.3, -0.25) is 0 Å². The first-order valence-electron chi connectivity index (χ1n) is 5.60. The van der Waals surface area contributed by atoms with E-state index in [1.165, 1.54) is 16.9 Å². The summed E-state index contributed by atoms with van der Waals surface area (Å²) >= 11 is -0.684. The van der Waals surface area contributed by atoms with E-state index in [1.54, 1.807) is 0 Å². The second-order valence-electron chi connectivity index (χ2n) is 4.03. The molecule has 2 aromatic carbocycles. The zero-order valence-corrected chi connectivity index (χ0v) is 10.3. The largest absolute Gasteiger partial charge is 0.443 e. The molecule has 0 saturated heterocycles. The minimum atomic E-state index is -0.684. The molecule has 0 spiro atoms. The van der Waals surface area contributed by atoms with Crippen LogP contribution in [-0.2, 0) is 0 Å². The summed E-state index contributed by atoms with van der Waals surface area (Å²) in [5.41, 5.74) is 2.74. The Kier molecular flexibility index (Phi) is 2.04. The molecule has 2 heterocycles. The molecule has 1 atom stereocenters. The van der Waals surface area contributed by atoms with Gasteiger partial charge in [0.05, 0.1) is 0 Å². The number of nitrogens with zero attached hydrogens (tertiary/aromatic N) is 2. The quantitative estimate of drug-likeness (QED) is 0.675. The van der Waals surface area contributed by atoms with Crippen LogP contribution in [0.15, 0.2) is 61.4 Å². The van der Waals surface area contributed by atoms with Crippen LogP contribution in [0.5, 0.6) is 0 Å². The fraction of sp³-hybridized carbons (Fsp3) is 0. The third-order valence-corrected chi connectivity index (χ3v) is 4.87. The summed E-state index contributed by atoms with van der Waals surface area (Å²) in [6, 6.07) is 15.6. The van der Waals surface area contributed by atoms with Gasteiger partial charge in [0.2, 0.25) is 0 Å². The molecule has 0 aliphatic carbocycles. The van der Waals surface area contributed by atoms with Gasteiger partial charge in [-0.05, 0) is 18.2 Å². The normalized spacial score (nSPS) is 19.2. The van der Waals surface area contributed by atoms with E-state index in [1.807, 2.05) is 24.4 Å². The Balaban J connectivity index is 1.87. The predicted molar refractivity (Wildman–Crippen MR) is 72.4 cm³/mol. The van der Waals surface area contributed by atoms with Gasteiger partial charge in [0.1, 0.15) is 5.52 Å². The van der Waals surface area contributed by atoms with Crippen LogP contribution in [0.4, 0.5) is 0 Å². The second-order valence-corrected chi connectivity index (χ2v) is 5.84. The van der Waals surface area contributed by atoms with Gasteiger partial charge in [0.15, 0.2) is 12.0 Å². The first-order chi connectivity index (χ1) is 8.92. The van der Waals surface area contributed by atoms with Crippen LogP contribution < -0.4 is 0 Å². The fourth-order valence-electron chi connectivity index (χ4n) is 2.07. The van der Waals surface area contributed by atoms with Crippen LogP contribution in [0.2, 0.25) is 0 Å². The smallest absolute Gasteiger partial charge is 0.182 e. The third-order valence-electron chi connectivity index (χ3n) is 2.94. The van der Waals surface area contributed by atoms with Gasteiger partial charge in [-0.2, -0.15) is 0 Å². The van der Waals surface area contributed by atoms with Gasteiger partial charge in [0, 0.05) is 27.6 Å². The molecule has 3 nitrogen and oxygen atoms in total. The van der Waals surface area contributed by atoms with Crippen molar-refractivity contribution in [3.8, 4) is 0 Å². The van der Waals surface area contributed by atoms with E-state index in [9.17, 15) is 0 Å². The molecular weight excluding hydrogens is 244 g/mol. The van der Waals surface area contributed by atoms with Crippen molar-refractivity contribution >= 4 is 28.4 Å². The van der Waals surface area contributed by atoms with Gasteiger partial charge < -0.3 is 4.42 Å². The van der Waals surface area contributed by atoms with Crippen LogP contribution >= 0.6 is 11.1 Å². The Morgan fingerprint density at radius 2 is 2.06 bits per heavy atom. The van der Waals surface area contributed by atoms with E-state index in [0.29, 0.717) is 5.58 Å². The van der Waals surface area contributed by atoms with Crippen molar-refractivity contribution in [1.29, 1.82) is 0 Å². The van der Waals surface area contributed by atoms with E-state index >= 15 is 0 Å². The molecule has 3 aromatic rings. The molecule has 0 N–H and O–H groups in total. The number of thiol groups is 1. The fourth-order valence-corrected chi connectivity index (χ4v) is 3.85. The number of hydrogen-bond donors (Lipinski definition) is 1. The highest BCUT2D eigenvalue weighted by atomic mass is 32.2. The van der Waals surface area contributed by atoms with Crippen LogP contribution in [0.1, 0.15) is 5.56 Å². The zero-order valence-electron chi connectivity index (χ0n) is 9.37. The van der Waals surface area contributed by atoms with E-state index < -0.39 is 11.1 Å². The monoisotopic (exact) mass is 253 g/mol. The maximum Gasteiger partial charge on any atom is 0.182 e. The molecule has 0 fully saturated rings. The van der Waals surface area contributed by atoms with Crippen molar-refractivity contribution in [2.45, 2.75) is 9.79 Å². The molecular formula is C14H9N2OS. The van der Waals surface area contributed by atoms with Crippen LogP contribution in [0.3, 0.4) is 0 Å². The highest BCUT2D eigenvalue weighted by Gasteiger charge is 2.17. The van der Waals surface area contributed by atoms with Crippen LogP contribution in [0.25, 0.3) is 11.1 Å². The van der Waals surface area contributed by atoms with Crippen molar-refractivity contribution in [3.05, 3.63) is 54.4 Å². The molecule has 1 aliphatic rings. The molecule has 1 aromatic heterocycles. The lowest BCUT2D eigenvalue weighted by atomic mass is 10.2. The average Bonchev–Trinajstić information content (AvgIpc) is 3.04. The molecule has 87 valence electrons. The molecule has 0 bridgehead atoms. The van der Waals surface area contributed by atoms with Crippen molar-refractivity contribution in [3.63, 3.8) is 0 Å². The van der Waals surface area contributed by atoms with Gasteiger partial charge in [-0.25, -0.2) is 9.38 Å². The molecule has 4 rings (SSSR count).